The number of anilines is 2. The fraction of sp³-hybridized carbons (Fsp3) is 0.368. The second-order valence-corrected chi connectivity index (χ2v) is 7.85. The molecule has 0 bridgehead atoms. The molecule has 28 heavy (non-hydrogen) atoms. The van der Waals surface area contributed by atoms with E-state index in [0.29, 0.717) is 24.7 Å². The number of carboxylic acids is 1. The zero-order valence-corrected chi connectivity index (χ0v) is 17.0. The van der Waals surface area contributed by atoms with Crippen LogP contribution >= 0.6 is 0 Å². The number of nitrogens with zero attached hydrogens (tertiary/aromatic N) is 2. The zero-order chi connectivity index (χ0) is 20.7. The van der Waals surface area contributed by atoms with E-state index in [-0.39, 0.29) is 16.1 Å². The lowest BCUT2D eigenvalue weighted by Crippen LogP contribution is -2.28. The van der Waals surface area contributed by atoms with Gasteiger partial charge >= 0.3 is 5.97 Å². The van der Waals surface area contributed by atoms with Crippen LogP contribution in [-0.2, 0) is 10.0 Å². The molecule has 2 aromatic rings. The Kier molecular flexibility index (Phi) is 7.22. The average molecular weight is 407 g/mol. The molecule has 9 heteroatoms. The van der Waals surface area contributed by atoms with Crippen molar-refractivity contribution in [2.45, 2.75) is 31.6 Å². The van der Waals surface area contributed by atoms with Gasteiger partial charge in [0, 0.05) is 13.1 Å². The van der Waals surface area contributed by atoms with Crippen molar-refractivity contribution in [2.75, 3.05) is 29.8 Å². The Labute approximate surface area is 165 Å². The molecule has 0 fully saturated rings. The van der Waals surface area contributed by atoms with Crippen molar-refractivity contribution in [3.05, 3.63) is 42.1 Å². The summed E-state index contributed by atoms with van der Waals surface area (Å²) in [5.41, 5.74) is 0.0433. The number of hydrogen-bond donors (Lipinski definition) is 2. The fourth-order valence-electron chi connectivity index (χ4n) is 2.76. The molecule has 2 N–H and O–H groups in total. The van der Waals surface area contributed by atoms with Crippen molar-refractivity contribution in [3.63, 3.8) is 0 Å². The van der Waals surface area contributed by atoms with Crippen molar-refractivity contribution in [3.8, 4) is 5.75 Å². The van der Waals surface area contributed by atoms with E-state index >= 15 is 0 Å². The maximum absolute atomic E-state index is 12.6. The van der Waals surface area contributed by atoms with E-state index in [2.05, 4.69) is 9.71 Å². The predicted molar refractivity (Wildman–Crippen MR) is 108 cm³/mol. The number of aromatic nitrogens is 1. The van der Waals surface area contributed by atoms with Crippen LogP contribution in [0.25, 0.3) is 0 Å². The third-order valence-electron chi connectivity index (χ3n) is 4.01. The first-order valence-electron chi connectivity index (χ1n) is 8.97. The van der Waals surface area contributed by atoms with Crippen LogP contribution in [0.5, 0.6) is 5.75 Å². The second kappa shape index (κ2) is 9.41. The lowest BCUT2D eigenvalue weighted by atomic mass is 10.2. The molecule has 2 rings (SSSR count). The summed E-state index contributed by atoms with van der Waals surface area (Å²) in [5, 5.41) is 9.59. The number of rotatable bonds is 10. The summed E-state index contributed by atoms with van der Waals surface area (Å²) in [7, 11) is -2.40. The van der Waals surface area contributed by atoms with Crippen LogP contribution in [-0.4, -0.2) is 44.7 Å². The quantitative estimate of drug-likeness (QED) is 0.622. The number of aromatic carboxylic acids is 1. The van der Waals surface area contributed by atoms with Crippen LogP contribution in [0, 0.1) is 0 Å². The molecule has 1 aromatic carbocycles. The predicted octanol–water partition coefficient (Wildman–Crippen LogP) is 3.22. The summed E-state index contributed by atoms with van der Waals surface area (Å²) in [6, 6.07) is 7.18. The van der Waals surface area contributed by atoms with E-state index < -0.39 is 16.0 Å². The zero-order valence-electron chi connectivity index (χ0n) is 16.2. The molecular formula is C19H25N3O5S. The molecule has 1 aromatic heterocycles. The van der Waals surface area contributed by atoms with Crippen molar-refractivity contribution in [1.29, 1.82) is 0 Å². The maximum atomic E-state index is 12.6. The van der Waals surface area contributed by atoms with Gasteiger partial charge in [-0.25, -0.2) is 18.2 Å². The van der Waals surface area contributed by atoms with Gasteiger partial charge in [-0.2, -0.15) is 0 Å². The number of nitrogens with one attached hydrogen (secondary N) is 1. The van der Waals surface area contributed by atoms with E-state index in [9.17, 15) is 18.3 Å². The molecule has 0 aliphatic rings. The van der Waals surface area contributed by atoms with Crippen molar-refractivity contribution in [2.24, 2.45) is 0 Å². The van der Waals surface area contributed by atoms with Gasteiger partial charge in [0.1, 0.15) is 17.1 Å². The molecule has 152 valence electrons. The number of hydrogen-bond acceptors (Lipinski definition) is 6. The van der Waals surface area contributed by atoms with Crippen molar-refractivity contribution >= 4 is 27.5 Å². The van der Waals surface area contributed by atoms with Crippen LogP contribution in [0.1, 0.15) is 37.0 Å². The lowest BCUT2D eigenvalue weighted by molar-refractivity contribution is 0.0697. The molecule has 0 aliphatic carbocycles. The highest BCUT2D eigenvalue weighted by Gasteiger charge is 2.20. The summed E-state index contributed by atoms with van der Waals surface area (Å²) in [6.07, 6.45) is 3.01. The number of benzene rings is 1. The van der Waals surface area contributed by atoms with Gasteiger partial charge < -0.3 is 14.7 Å². The number of sulfonamides is 1. The fourth-order valence-corrected chi connectivity index (χ4v) is 3.79. The number of pyridine rings is 1. The molecule has 0 unspecified atom stereocenters. The first-order valence-corrected chi connectivity index (χ1v) is 10.5. The topological polar surface area (TPSA) is 109 Å². The lowest BCUT2D eigenvalue weighted by Gasteiger charge is -2.24. The summed E-state index contributed by atoms with van der Waals surface area (Å²) in [5.74, 6) is -0.293. The molecule has 8 nitrogen and oxygen atoms in total. The molecule has 0 amide bonds. The van der Waals surface area contributed by atoms with Gasteiger partial charge in [0.25, 0.3) is 10.0 Å². The summed E-state index contributed by atoms with van der Waals surface area (Å²) >= 11 is 0. The van der Waals surface area contributed by atoms with E-state index in [0.717, 1.165) is 12.8 Å². The largest absolute Gasteiger partial charge is 0.497 e. The third-order valence-corrected chi connectivity index (χ3v) is 5.40. The Morgan fingerprint density at radius 3 is 2.29 bits per heavy atom. The van der Waals surface area contributed by atoms with Crippen molar-refractivity contribution in [1.82, 2.24) is 4.98 Å². The summed E-state index contributed by atoms with van der Waals surface area (Å²) in [4.78, 5) is 17.9. The molecule has 0 saturated heterocycles. The van der Waals surface area contributed by atoms with E-state index in [4.69, 9.17) is 4.74 Å². The Bertz CT molecular complexity index is 908. The normalized spacial score (nSPS) is 11.1. The molecular weight excluding hydrogens is 382 g/mol. The maximum Gasteiger partial charge on any atom is 0.339 e. The van der Waals surface area contributed by atoms with Crippen LogP contribution in [0.2, 0.25) is 0 Å². The minimum absolute atomic E-state index is 0.0350. The monoisotopic (exact) mass is 407 g/mol. The number of ether oxygens (including phenoxy) is 1. The molecule has 1 heterocycles. The second-order valence-electron chi connectivity index (χ2n) is 6.17. The number of carboxylic acid groups (broad SMARTS) is 1. The van der Waals surface area contributed by atoms with Crippen molar-refractivity contribution < 1.29 is 23.1 Å². The van der Waals surface area contributed by atoms with E-state index in [1.807, 2.05) is 18.7 Å². The number of carbonyl (C=O) groups is 1. The van der Waals surface area contributed by atoms with Gasteiger partial charge in [0.2, 0.25) is 0 Å². The molecule has 0 spiro atoms. The van der Waals surface area contributed by atoms with Gasteiger partial charge in [0.05, 0.1) is 23.9 Å². The van der Waals surface area contributed by atoms with E-state index in [1.54, 1.807) is 0 Å². The number of methoxy groups -OCH3 is 1. The first kappa shape index (κ1) is 21.5. The Balaban J connectivity index is 2.35. The molecule has 0 saturated carbocycles. The minimum atomic E-state index is -3.89. The highest BCUT2D eigenvalue weighted by molar-refractivity contribution is 7.92. The smallest absolute Gasteiger partial charge is 0.339 e. The van der Waals surface area contributed by atoms with Crippen LogP contribution < -0.4 is 14.4 Å². The summed E-state index contributed by atoms with van der Waals surface area (Å²) in [6.45, 7) is 5.33. The molecule has 0 radical (unpaired) electrons. The van der Waals surface area contributed by atoms with Gasteiger partial charge in [0.15, 0.2) is 0 Å². The SMILES string of the molecule is CCCN(CCC)c1ncc(NS(=O)(=O)c2ccc(OC)cc2)cc1C(=O)O. The van der Waals surface area contributed by atoms with Gasteiger partial charge in [-0.3, -0.25) is 4.72 Å². The molecule has 0 atom stereocenters. The highest BCUT2D eigenvalue weighted by atomic mass is 32.2. The Hall–Kier alpha value is -2.81. The Morgan fingerprint density at radius 1 is 1.18 bits per heavy atom. The van der Waals surface area contributed by atoms with Crippen LogP contribution in [0.15, 0.2) is 41.4 Å². The summed E-state index contributed by atoms with van der Waals surface area (Å²) < 4.78 is 32.5. The van der Waals surface area contributed by atoms with Crippen LogP contribution in [0.3, 0.4) is 0 Å². The minimum Gasteiger partial charge on any atom is -0.497 e. The van der Waals surface area contributed by atoms with Gasteiger partial charge in [-0.05, 0) is 43.2 Å². The van der Waals surface area contributed by atoms with E-state index in [1.165, 1.54) is 43.6 Å². The highest BCUT2D eigenvalue weighted by Crippen LogP contribution is 2.24. The third kappa shape index (κ3) is 5.13. The molecule has 0 aliphatic heterocycles. The average Bonchev–Trinajstić information content (AvgIpc) is 2.67. The Morgan fingerprint density at radius 2 is 1.79 bits per heavy atom. The van der Waals surface area contributed by atoms with Gasteiger partial charge in [-0.15, -0.1) is 0 Å². The first-order chi connectivity index (χ1) is 13.3. The van der Waals surface area contributed by atoms with Gasteiger partial charge in [-0.1, -0.05) is 13.8 Å². The van der Waals surface area contributed by atoms with Crippen LogP contribution in [0.4, 0.5) is 11.5 Å². The standard InChI is InChI=1S/C19H25N3O5S/c1-4-10-22(11-5-2)18-17(19(23)24)12-14(13-20-18)21-28(25,26)16-8-6-15(27-3)7-9-16/h6-9,12-13,21H,4-5,10-11H2,1-3H3,(H,23,24).